The number of hydrogen-bond acceptors (Lipinski definition) is 8. The summed E-state index contributed by atoms with van der Waals surface area (Å²) in [6, 6.07) is 10.2. The normalized spacial score (nSPS) is 20.8. The van der Waals surface area contributed by atoms with Crippen LogP contribution in [0.15, 0.2) is 48.5 Å². The Hall–Kier alpha value is -4.43. The molecule has 2 aromatic carbocycles. The molecule has 0 bridgehead atoms. The zero-order valence-corrected chi connectivity index (χ0v) is 24.8. The Kier molecular flexibility index (Phi) is 8.05. The van der Waals surface area contributed by atoms with Crippen molar-refractivity contribution < 1.29 is 46.5 Å². The third kappa shape index (κ3) is 5.82. The average Bonchev–Trinajstić information content (AvgIpc) is 3.79. The summed E-state index contributed by atoms with van der Waals surface area (Å²) in [5, 5.41) is 13.5. The van der Waals surface area contributed by atoms with Gasteiger partial charge in [0.1, 0.15) is 35.0 Å². The molecule has 3 heterocycles. The molecule has 3 aromatic rings. The highest BCUT2D eigenvalue weighted by atomic mass is 19.4. The Morgan fingerprint density at radius 2 is 1.83 bits per heavy atom. The molecule has 46 heavy (non-hydrogen) atoms. The number of morpholine rings is 1. The summed E-state index contributed by atoms with van der Waals surface area (Å²) in [4.78, 5) is 31.9. The van der Waals surface area contributed by atoms with Gasteiger partial charge in [-0.15, -0.1) is 0 Å². The number of primary amides is 1. The minimum Gasteiger partial charge on any atom is -0.489 e. The Bertz CT molecular complexity index is 1660. The standard InChI is InChI=1S/C32H32F4N4O6/c1-30(29(37)42)17-45-27-22(30)15-25(39-26(27)18-2-5-20(33)6-3-18)31(43,32(34,35)36)16-38-28(41)19-4-9-24(46-21-7-8-21)23(14-19)40-10-12-44-13-11-40/h2-6,9,14-15,21,43H,7-8,10-13,16-17H2,1H3,(H2,37,42)(H,38,41)/t30-,31-/m0/s1. The number of pyridine rings is 1. The van der Waals surface area contributed by atoms with Crippen LogP contribution in [0.5, 0.6) is 11.5 Å². The lowest BCUT2D eigenvalue weighted by Gasteiger charge is -2.32. The molecule has 10 nitrogen and oxygen atoms in total. The van der Waals surface area contributed by atoms with Crippen molar-refractivity contribution in [3.8, 4) is 22.8 Å². The van der Waals surface area contributed by atoms with Crippen LogP contribution in [0.4, 0.5) is 23.2 Å². The smallest absolute Gasteiger partial charge is 0.424 e. The first kappa shape index (κ1) is 31.5. The van der Waals surface area contributed by atoms with Crippen molar-refractivity contribution in [2.24, 2.45) is 5.73 Å². The molecule has 2 aliphatic heterocycles. The minimum absolute atomic E-state index is 0.0191. The zero-order chi connectivity index (χ0) is 32.9. The lowest BCUT2D eigenvalue weighted by molar-refractivity contribution is -0.265. The van der Waals surface area contributed by atoms with Gasteiger partial charge in [0.25, 0.3) is 5.91 Å². The van der Waals surface area contributed by atoms with Gasteiger partial charge >= 0.3 is 6.18 Å². The second kappa shape index (κ2) is 11.7. The van der Waals surface area contributed by atoms with E-state index in [1.807, 2.05) is 4.90 Å². The molecule has 2 atom stereocenters. The minimum atomic E-state index is -5.34. The number of hydrogen-bond donors (Lipinski definition) is 3. The number of amides is 2. The van der Waals surface area contributed by atoms with E-state index in [0.29, 0.717) is 37.7 Å². The Labute approximate surface area is 261 Å². The van der Waals surface area contributed by atoms with Crippen LogP contribution in [0.3, 0.4) is 0 Å². The number of nitrogens with one attached hydrogen (secondary N) is 1. The fourth-order valence-electron chi connectivity index (χ4n) is 5.42. The highest BCUT2D eigenvalue weighted by molar-refractivity contribution is 5.96. The largest absolute Gasteiger partial charge is 0.489 e. The molecule has 1 aromatic heterocycles. The monoisotopic (exact) mass is 644 g/mol. The van der Waals surface area contributed by atoms with Gasteiger partial charge in [-0.2, -0.15) is 13.2 Å². The van der Waals surface area contributed by atoms with Gasteiger partial charge in [0.05, 0.1) is 37.2 Å². The van der Waals surface area contributed by atoms with Crippen LogP contribution in [0.2, 0.25) is 0 Å². The van der Waals surface area contributed by atoms with Crippen LogP contribution in [0.1, 0.15) is 41.4 Å². The van der Waals surface area contributed by atoms with E-state index in [2.05, 4.69) is 10.3 Å². The van der Waals surface area contributed by atoms with E-state index < -0.39 is 47.1 Å². The summed E-state index contributed by atoms with van der Waals surface area (Å²) in [6.45, 7) is 1.80. The predicted octanol–water partition coefficient (Wildman–Crippen LogP) is 3.58. The predicted molar refractivity (Wildman–Crippen MR) is 157 cm³/mol. The number of carbonyl (C=O) groups is 2. The lowest BCUT2D eigenvalue weighted by atomic mass is 9.81. The first-order chi connectivity index (χ1) is 21.8. The van der Waals surface area contributed by atoms with E-state index in [9.17, 15) is 32.3 Å². The Balaban J connectivity index is 1.35. The molecule has 0 radical (unpaired) electrons. The number of aromatic nitrogens is 1. The molecular formula is C32H32F4N4O6. The van der Waals surface area contributed by atoms with Gasteiger partial charge in [-0.05, 0) is 68.3 Å². The van der Waals surface area contributed by atoms with Crippen molar-refractivity contribution in [1.29, 1.82) is 0 Å². The quantitative estimate of drug-likeness (QED) is 0.301. The molecule has 6 rings (SSSR count). The lowest BCUT2D eigenvalue weighted by Crippen LogP contribution is -2.51. The molecule has 0 spiro atoms. The number of halogens is 4. The van der Waals surface area contributed by atoms with Crippen molar-refractivity contribution in [2.45, 2.75) is 43.1 Å². The number of nitrogens with zero attached hydrogens (tertiary/aromatic N) is 2. The summed E-state index contributed by atoms with van der Waals surface area (Å²) < 4.78 is 75.1. The number of carbonyl (C=O) groups excluding carboxylic acids is 2. The number of benzene rings is 2. The van der Waals surface area contributed by atoms with E-state index in [0.717, 1.165) is 31.0 Å². The summed E-state index contributed by atoms with van der Waals surface area (Å²) >= 11 is 0. The maximum atomic E-state index is 14.8. The van der Waals surface area contributed by atoms with Crippen LogP contribution >= 0.6 is 0 Å². The fraction of sp³-hybridized carbons (Fsp3) is 0.406. The number of aliphatic hydroxyl groups is 1. The van der Waals surface area contributed by atoms with E-state index in [4.69, 9.17) is 19.9 Å². The van der Waals surface area contributed by atoms with E-state index in [-0.39, 0.29) is 40.8 Å². The van der Waals surface area contributed by atoms with Crippen molar-refractivity contribution in [3.63, 3.8) is 0 Å². The van der Waals surface area contributed by atoms with Gasteiger partial charge in [0, 0.05) is 29.8 Å². The molecule has 244 valence electrons. The zero-order valence-electron chi connectivity index (χ0n) is 24.8. The van der Waals surface area contributed by atoms with E-state index in [1.165, 1.54) is 25.1 Å². The highest BCUT2D eigenvalue weighted by Gasteiger charge is 2.57. The number of alkyl halides is 3. The van der Waals surface area contributed by atoms with Crippen LogP contribution in [0, 0.1) is 5.82 Å². The third-order valence-corrected chi connectivity index (χ3v) is 8.52. The summed E-state index contributed by atoms with van der Waals surface area (Å²) in [7, 11) is 0. The number of anilines is 1. The topological polar surface area (TPSA) is 136 Å². The number of rotatable bonds is 9. The highest BCUT2D eigenvalue weighted by Crippen LogP contribution is 2.48. The Morgan fingerprint density at radius 1 is 1.13 bits per heavy atom. The molecule has 4 N–H and O–H groups in total. The van der Waals surface area contributed by atoms with Gasteiger partial charge in [-0.25, -0.2) is 9.37 Å². The first-order valence-electron chi connectivity index (χ1n) is 14.8. The van der Waals surface area contributed by atoms with Crippen molar-refractivity contribution in [2.75, 3.05) is 44.4 Å². The first-order valence-corrected chi connectivity index (χ1v) is 14.8. The molecule has 2 fully saturated rings. The second-order valence-corrected chi connectivity index (χ2v) is 11.9. The number of fused-ring (bicyclic) bond motifs is 1. The van der Waals surface area contributed by atoms with Crippen LogP contribution in [0.25, 0.3) is 11.3 Å². The van der Waals surface area contributed by atoms with E-state index in [1.54, 1.807) is 12.1 Å². The number of ether oxygens (including phenoxy) is 3. The van der Waals surface area contributed by atoms with Crippen LogP contribution in [-0.2, 0) is 20.5 Å². The van der Waals surface area contributed by atoms with Gasteiger partial charge in [0.2, 0.25) is 11.5 Å². The molecule has 14 heteroatoms. The maximum absolute atomic E-state index is 14.8. The Morgan fingerprint density at radius 3 is 2.46 bits per heavy atom. The molecular weight excluding hydrogens is 612 g/mol. The van der Waals surface area contributed by atoms with Crippen molar-refractivity contribution in [3.05, 3.63) is 71.2 Å². The summed E-state index contributed by atoms with van der Waals surface area (Å²) in [6.07, 6.45) is -3.45. The maximum Gasteiger partial charge on any atom is 0.424 e. The van der Waals surface area contributed by atoms with Gasteiger partial charge in [0.15, 0.2) is 0 Å². The number of nitrogens with two attached hydrogens (primary N) is 1. The molecule has 1 saturated carbocycles. The molecule has 1 saturated heterocycles. The van der Waals surface area contributed by atoms with Crippen LogP contribution < -0.4 is 25.4 Å². The van der Waals surface area contributed by atoms with Gasteiger partial charge in [-0.3, -0.25) is 9.59 Å². The molecule has 3 aliphatic rings. The summed E-state index contributed by atoms with van der Waals surface area (Å²) in [5.41, 5.74) is 0.0983. The van der Waals surface area contributed by atoms with Crippen molar-refractivity contribution in [1.82, 2.24) is 10.3 Å². The SMILES string of the molecule is C[C@]1(C(N)=O)COc2c1cc([C@@](O)(CNC(=O)c1ccc(OC3CC3)c(N3CCOCC3)c1)C(F)(F)F)nc2-c1ccc(F)cc1. The fourth-order valence-corrected chi connectivity index (χ4v) is 5.42. The molecule has 0 unspecified atom stereocenters. The van der Waals surface area contributed by atoms with E-state index >= 15 is 0 Å². The molecule has 2 amide bonds. The van der Waals surface area contributed by atoms with Gasteiger partial charge < -0.3 is 35.3 Å². The third-order valence-electron chi connectivity index (χ3n) is 8.52. The van der Waals surface area contributed by atoms with Crippen molar-refractivity contribution >= 4 is 17.5 Å². The molecule has 1 aliphatic carbocycles. The van der Waals surface area contributed by atoms with Gasteiger partial charge in [-0.1, -0.05) is 0 Å². The average molecular weight is 645 g/mol. The summed E-state index contributed by atoms with van der Waals surface area (Å²) in [5.74, 6) is -1.81. The van der Waals surface area contributed by atoms with Crippen LogP contribution in [-0.4, -0.2) is 73.6 Å². The second-order valence-electron chi connectivity index (χ2n) is 11.9.